The van der Waals surface area contributed by atoms with E-state index >= 15 is 0 Å². The molecular weight excluding hydrogens is 731 g/mol. The summed E-state index contributed by atoms with van der Waals surface area (Å²) in [4.78, 5) is 13.8. The summed E-state index contributed by atoms with van der Waals surface area (Å²) in [6.07, 6.45) is 5.52. The molecular formula is C40H35IrN3O-2. The van der Waals surface area contributed by atoms with Gasteiger partial charge in [-0.05, 0) is 59.5 Å². The van der Waals surface area contributed by atoms with Gasteiger partial charge in [0.25, 0.3) is 0 Å². The Labute approximate surface area is 279 Å². The molecule has 227 valence electrons. The van der Waals surface area contributed by atoms with Crippen LogP contribution in [0.5, 0.6) is 0 Å². The van der Waals surface area contributed by atoms with Gasteiger partial charge in [0.1, 0.15) is 0 Å². The van der Waals surface area contributed by atoms with E-state index in [4.69, 9.17) is 14.4 Å². The van der Waals surface area contributed by atoms with Crippen LogP contribution in [0.15, 0.2) is 120 Å². The smallest absolute Gasteiger partial charge is 0.216 e. The monoisotopic (exact) mass is 766 g/mol. The van der Waals surface area contributed by atoms with E-state index in [9.17, 15) is 0 Å². The summed E-state index contributed by atoms with van der Waals surface area (Å²) in [5.41, 5.74) is 10.2. The van der Waals surface area contributed by atoms with Gasteiger partial charge in [0, 0.05) is 50.0 Å². The number of hydrogen-bond donors (Lipinski definition) is 0. The normalized spacial score (nSPS) is 11.1. The third kappa shape index (κ3) is 7.80. The second-order valence-corrected chi connectivity index (χ2v) is 12.2. The number of benzene rings is 3. The summed E-state index contributed by atoms with van der Waals surface area (Å²) in [5, 5.41) is 2.07. The molecule has 0 aliphatic rings. The average molecular weight is 766 g/mol. The quantitative estimate of drug-likeness (QED) is 0.164. The van der Waals surface area contributed by atoms with Crippen molar-refractivity contribution in [3.05, 3.63) is 150 Å². The molecule has 45 heavy (non-hydrogen) atoms. The number of fused-ring (bicyclic) bond motifs is 3. The molecule has 0 saturated heterocycles. The first-order valence-corrected chi connectivity index (χ1v) is 14.9. The van der Waals surface area contributed by atoms with E-state index in [0.29, 0.717) is 5.71 Å². The predicted molar refractivity (Wildman–Crippen MR) is 179 cm³/mol. The van der Waals surface area contributed by atoms with Gasteiger partial charge >= 0.3 is 0 Å². The van der Waals surface area contributed by atoms with E-state index in [-0.39, 0.29) is 25.5 Å². The van der Waals surface area contributed by atoms with Gasteiger partial charge in [-0.1, -0.05) is 85.8 Å². The van der Waals surface area contributed by atoms with Gasteiger partial charge in [0.2, 0.25) is 5.71 Å². The fourth-order valence-corrected chi connectivity index (χ4v) is 5.29. The Morgan fingerprint density at radius 2 is 1.56 bits per heavy atom. The molecule has 4 aromatic heterocycles. The molecule has 0 spiro atoms. The molecule has 0 saturated carbocycles. The number of nitrogens with zero attached hydrogens (tertiary/aromatic N) is 3. The maximum atomic E-state index is 6.31. The molecule has 0 bridgehead atoms. The topological polar surface area (TPSA) is 51.8 Å². The largest absolute Gasteiger partial charge is 0.486 e. The standard InChI is InChI=1S/C29H27N2O.C11H8N.Ir/c1-19-18-30-26(16-21(19)17-29(2,3)4)25-12-8-11-23-24-14-13-22(31-28(24)32-27(23)25)15-20-9-6-5-7-10-20;1-2-6-10(7-3-1)11-8-4-5-9-12-11;/h5-11,13-14,16,18H,15,17H2,1-4H3;1-6,8-9H;/q2*-1;. The molecule has 1 radical (unpaired) electrons. The molecule has 0 amide bonds. The molecule has 5 heteroatoms. The average Bonchev–Trinajstić information content (AvgIpc) is 3.41. The number of aromatic nitrogens is 3. The van der Waals surface area contributed by atoms with Crippen molar-refractivity contribution in [1.82, 2.24) is 15.0 Å². The molecule has 4 heterocycles. The van der Waals surface area contributed by atoms with Crippen molar-refractivity contribution < 1.29 is 24.5 Å². The zero-order valence-electron chi connectivity index (χ0n) is 26.0. The van der Waals surface area contributed by atoms with Gasteiger partial charge < -0.3 is 14.4 Å². The molecule has 3 aromatic carbocycles. The second-order valence-electron chi connectivity index (χ2n) is 12.2. The maximum absolute atomic E-state index is 6.31. The van der Waals surface area contributed by atoms with Crippen LogP contribution in [0, 0.1) is 24.5 Å². The van der Waals surface area contributed by atoms with E-state index in [1.807, 2.05) is 66.9 Å². The molecule has 0 atom stereocenters. The van der Waals surface area contributed by atoms with Crippen LogP contribution >= 0.6 is 0 Å². The summed E-state index contributed by atoms with van der Waals surface area (Å²) in [5.74, 6) is 0. The van der Waals surface area contributed by atoms with Gasteiger partial charge in [-0.25, -0.2) is 4.98 Å². The van der Waals surface area contributed by atoms with Gasteiger partial charge in [-0.15, -0.1) is 54.1 Å². The van der Waals surface area contributed by atoms with Crippen molar-refractivity contribution in [2.24, 2.45) is 5.41 Å². The summed E-state index contributed by atoms with van der Waals surface area (Å²) in [6.45, 7) is 8.91. The number of pyridine rings is 3. The van der Waals surface area contributed by atoms with Crippen LogP contribution < -0.4 is 0 Å². The maximum Gasteiger partial charge on any atom is 0.216 e. The molecule has 0 aliphatic heterocycles. The first kappa shape index (κ1) is 32.0. The van der Waals surface area contributed by atoms with Gasteiger partial charge in [-0.3, -0.25) is 0 Å². The molecule has 0 N–H and O–H groups in total. The zero-order chi connectivity index (χ0) is 30.5. The zero-order valence-corrected chi connectivity index (χ0v) is 28.4. The predicted octanol–water partition coefficient (Wildman–Crippen LogP) is 9.88. The minimum Gasteiger partial charge on any atom is -0.486 e. The SMILES string of the molecule is Cc1cnc(-c2[c-]ccc3c2oc2nc(Cc4ccccc4)ccc23)cc1CC(C)(C)C.[Ir].[c-]1ccccc1-c1ccccn1. The van der Waals surface area contributed by atoms with Crippen LogP contribution in [0.3, 0.4) is 0 Å². The number of aryl methyl sites for hydroxylation is 1. The van der Waals surface area contributed by atoms with E-state index in [2.05, 4.69) is 87.3 Å². The first-order valence-electron chi connectivity index (χ1n) is 14.9. The molecule has 4 nitrogen and oxygen atoms in total. The summed E-state index contributed by atoms with van der Waals surface area (Å²) in [6, 6.07) is 41.0. The van der Waals surface area contributed by atoms with Crippen molar-refractivity contribution in [2.75, 3.05) is 0 Å². The van der Waals surface area contributed by atoms with Gasteiger partial charge in [0.05, 0.1) is 5.58 Å². The minimum absolute atomic E-state index is 0. The van der Waals surface area contributed by atoms with E-state index < -0.39 is 0 Å². The first-order chi connectivity index (χ1) is 21.3. The van der Waals surface area contributed by atoms with Crippen LogP contribution in [0.1, 0.15) is 43.2 Å². The number of rotatable bonds is 5. The van der Waals surface area contributed by atoms with Crippen LogP contribution in [-0.4, -0.2) is 15.0 Å². The Bertz CT molecular complexity index is 1960. The van der Waals surface area contributed by atoms with E-state index in [1.54, 1.807) is 6.20 Å². The molecule has 7 aromatic rings. The Morgan fingerprint density at radius 1 is 0.756 bits per heavy atom. The van der Waals surface area contributed by atoms with E-state index in [0.717, 1.165) is 57.4 Å². The fourth-order valence-electron chi connectivity index (χ4n) is 5.29. The summed E-state index contributed by atoms with van der Waals surface area (Å²) >= 11 is 0. The Balaban J connectivity index is 0.000000258. The second kappa shape index (κ2) is 14.1. The Morgan fingerprint density at radius 3 is 2.29 bits per heavy atom. The van der Waals surface area contributed by atoms with Crippen LogP contribution in [0.4, 0.5) is 0 Å². The van der Waals surface area contributed by atoms with Gasteiger partial charge in [0.15, 0.2) is 0 Å². The summed E-state index contributed by atoms with van der Waals surface area (Å²) < 4.78 is 6.31. The third-order valence-electron chi connectivity index (χ3n) is 7.43. The van der Waals surface area contributed by atoms with Crippen molar-refractivity contribution in [2.45, 2.75) is 40.5 Å². The van der Waals surface area contributed by atoms with Crippen molar-refractivity contribution in [1.29, 1.82) is 0 Å². The van der Waals surface area contributed by atoms with E-state index in [1.165, 1.54) is 16.7 Å². The summed E-state index contributed by atoms with van der Waals surface area (Å²) in [7, 11) is 0. The van der Waals surface area contributed by atoms with Crippen LogP contribution in [0.25, 0.3) is 44.6 Å². The molecule has 0 unspecified atom stereocenters. The minimum atomic E-state index is 0. The number of furan rings is 1. The van der Waals surface area contributed by atoms with Crippen LogP contribution in [0.2, 0.25) is 0 Å². The molecule has 0 aliphatic carbocycles. The van der Waals surface area contributed by atoms with Crippen molar-refractivity contribution in [3.63, 3.8) is 0 Å². The Kier molecular flexibility index (Phi) is 10.0. The fraction of sp³-hybridized carbons (Fsp3) is 0.175. The number of hydrogen-bond acceptors (Lipinski definition) is 4. The molecule has 7 rings (SSSR count). The van der Waals surface area contributed by atoms with Crippen molar-refractivity contribution >= 4 is 22.1 Å². The van der Waals surface area contributed by atoms with Crippen LogP contribution in [-0.2, 0) is 32.9 Å². The van der Waals surface area contributed by atoms with Gasteiger partial charge in [-0.2, -0.15) is 0 Å². The molecule has 0 fully saturated rings. The third-order valence-corrected chi connectivity index (χ3v) is 7.43. The van der Waals surface area contributed by atoms with Crippen molar-refractivity contribution in [3.8, 4) is 22.5 Å². The Hall–Kier alpha value is -4.44.